The maximum Gasteiger partial charge on any atom is 0.434 e. The molecule has 0 atom stereocenters. The topological polar surface area (TPSA) is 35.2 Å². The summed E-state index contributed by atoms with van der Waals surface area (Å²) in [7, 11) is 0. The Morgan fingerprint density at radius 2 is 1.65 bits per heavy atom. The van der Waals surface area contributed by atoms with Crippen molar-refractivity contribution >= 4 is 17.2 Å². The highest BCUT2D eigenvalue weighted by Gasteiger charge is 2.59. The molecule has 112 valence electrons. The largest absolute Gasteiger partial charge is 0.471 e. The molecule has 0 aromatic heterocycles. The third kappa shape index (κ3) is 3.99. The predicted octanol–water partition coefficient (Wildman–Crippen LogP) is 3.50. The average molecular weight is 317 g/mol. The van der Waals surface area contributed by atoms with Gasteiger partial charge in [-0.2, -0.15) is 26.3 Å². The summed E-state index contributed by atoms with van der Waals surface area (Å²) in [4.78, 5) is -0.355. The fourth-order valence-corrected chi connectivity index (χ4v) is 1.54. The molecule has 0 fully saturated rings. The van der Waals surface area contributed by atoms with Crippen molar-refractivity contribution in [1.82, 2.24) is 0 Å². The first-order valence-corrected chi connectivity index (χ1v) is 5.54. The summed E-state index contributed by atoms with van der Waals surface area (Å²) in [5, 5.41) is 0. The van der Waals surface area contributed by atoms with E-state index in [9.17, 15) is 26.3 Å². The Morgan fingerprint density at radius 1 is 1.15 bits per heavy atom. The Hall–Kier alpha value is -1.51. The second-order valence-corrected chi connectivity index (χ2v) is 4.38. The highest BCUT2D eigenvalue weighted by Crippen LogP contribution is 2.37. The minimum atomic E-state index is -5.60. The molecule has 0 aliphatic rings. The summed E-state index contributed by atoms with van der Waals surface area (Å²) < 4.78 is 78.5. The number of benzene rings is 1. The van der Waals surface area contributed by atoms with Crippen molar-refractivity contribution in [1.29, 1.82) is 0 Å². The van der Waals surface area contributed by atoms with Crippen LogP contribution in [0.25, 0.3) is 0 Å². The van der Waals surface area contributed by atoms with Gasteiger partial charge in [-0.3, -0.25) is 0 Å². The van der Waals surface area contributed by atoms with E-state index in [2.05, 4.69) is 17.0 Å². The standard InChI is InChI=1S/C11H9F6NOS/c1-5-2-3-7(6(4-5)8(18)20)19-9(10(12,13)14)11(15,16)17/h2-4,9H,1H3,(H2,18,20). The monoisotopic (exact) mass is 317 g/mol. The zero-order valence-corrected chi connectivity index (χ0v) is 10.8. The van der Waals surface area contributed by atoms with E-state index < -0.39 is 24.2 Å². The number of nitrogens with two attached hydrogens (primary N) is 1. The van der Waals surface area contributed by atoms with Gasteiger partial charge in [0, 0.05) is 0 Å². The van der Waals surface area contributed by atoms with Gasteiger partial charge in [0.2, 0.25) is 0 Å². The molecule has 1 aromatic rings. The SMILES string of the molecule is Cc1ccc(OC(C(F)(F)F)C(F)(F)F)c(C(N)=S)c1. The molecule has 0 radical (unpaired) electrons. The van der Waals surface area contributed by atoms with Crippen molar-refractivity contribution < 1.29 is 31.1 Å². The molecule has 9 heteroatoms. The van der Waals surface area contributed by atoms with Gasteiger partial charge in [0.1, 0.15) is 10.7 Å². The van der Waals surface area contributed by atoms with Crippen LogP contribution in [0.4, 0.5) is 26.3 Å². The Labute approximate surface area is 115 Å². The maximum absolute atomic E-state index is 12.4. The molecule has 1 rings (SSSR count). The quantitative estimate of drug-likeness (QED) is 0.684. The van der Waals surface area contributed by atoms with Crippen molar-refractivity contribution in [3.8, 4) is 5.75 Å². The Bertz CT molecular complexity index is 497. The number of aryl methyl sites for hydroxylation is 1. The van der Waals surface area contributed by atoms with Crippen LogP contribution >= 0.6 is 12.2 Å². The van der Waals surface area contributed by atoms with Crippen LogP contribution in [0.1, 0.15) is 11.1 Å². The fraction of sp³-hybridized carbons (Fsp3) is 0.364. The summed E-state index contributed by atoms with van der Waals surface area (Å²) in [5.74, 6) is -0.664. The molecule has 0 aliphatic heterocycles. The van der Waals surface area contributed by atoms with Crippen molar-refractivity contribution in [2.45, 2.75) is 25.4 Å². The Balaban J connectivity index is 3.22. The third-order valence-electron chi connectivity index (χ3n) is 2.24. The fourth-order valence-electron chi connectivity index (χ4n) is 1.39. The van der Waals surface area contributed by atoms with Crippen LogP contribution < -0.4 is 10.5 Å². The number of halogens is 6. The van der Waals surface area contributed by atoms with Gasteiger partial charge in [0.25, 0.3) is 6.10 Å². The zero-order valence-electron chi connectivity index (χ0n) is 9.97. The molecular formula is C11H9F6NOS. The summed E-state index contributed by atoms with van der Waals surface area (Å²) in [6.07, 6.45) is -15.1. The van der Waals surface area contributed by atoms with E-state index in [1.807, 2.05) is 0 Å². The number of thiocarbonyl (C=S) groups is 1. The molecule has 0 saturated carbocycles. The van der Waals surface area contributed by atoms with E-state index in [0.29, 0.717) is 5.56 Å². The molecule has 2 N–H and O–H groups in total. The van der Waals surface area contributed by atoms with E-state index >= 15 is 0 Å². The van der Waals surface area contributed by atoms with Crippen LogP contribution in [-0.4, -0.2) is 23.4 Å². The normalized spacial score (nSPS) is 12.6. The van der Waals surface area contributed by atoms with E-state index in [-0.39, 0.29) is 10.6 Å². The second-order valence-electron chi connectivity index (χ2n) is 3.94. The van der Waals surface area contributed by atoms with Crippen molar-refractivity contribution in [3.05, 3.63) is 29.3 Å². The number of hydrogen-bond acceptors (Lipinski definition) is 2. The van der Waals surface area contributed by atoms with Crippen LogP contribution in [0.15, 0.2) is 18.2 Å². The predicted molar refractivity (Wildman–Crippen MR) is 63.6 cm³/mol. The van der Waals surface area contributed by atoms with Gasteiger partial charge in [-0.05, 0) is 19.1 Å². The van der Waals surface area contributed by atoms with Crippen molar-refractivity contribution in [2.24, 2.45) is 5.73 Å². The van der Waals surface area contributed by atoms with Gasteiger partial charge in [0.15, 0.2) is 0 Å². The van der Waals surface area contributed by atoms with Crippen molar-refractivity contribution in [2.75, 3.05) is 0 Å². The number of rotatable bonds is 3. The maximum atomic E-state index is 12.4. The number of alkyl halides is 6. The first-order chi connectivity index (χ1) is 8.93. The van der Waals surface area contributed by atoms with Crippen molar-refractivity contribution in [3.63, 3.8) is 0 Å². The molecular weight excluding hydrogens is 308 g/mol. The summed E-state index contributed by atoms with van der Waals surface area (Å²) in [5.41, 5.74) is 5.65. The van der Waals surface area contributed by atoms with Gasteiger partial charge in [-0.25, -0.2) is 0 Å². The number of hydrogen-bond donors (Lipinski definition) is 1. The van der Waals surface area contributed by atoms with E-state index in [0.717, 1.165) is 6.07 Å². The summed E-state index contributed by atoms with van der Waals surface area (Å²) >= 11 is 4.58. The van der Waals surface area contributed by atoms with Gasteiger partial charge in [0.05, 0.1) is 5.56 Å². The smallest absolute Gasteiger partial charge is 0.434 e. The minimum Gasteiger partial charge on any atom is -0.471 e. The van der Waals surface area contributed by atoms with E-state index in [1.54, 1.807) is 6.92 Å². The average Bonchev–Trinajstić information content (AvgIpc) is 2.23. The van der Waals surface area contributed by atoms with Gasteiger partial charge < -0.3 is 10.5 Å². The Morgan fingerprint density at radius 3 is 2.05 bits per heavy atom. The lowest BCUT2D eigenvalue weighted by Crippen LogP contribution is -2.46. The lowest BCUT2D eigenvalue weighted by Gasteiger charge is -2.25. The molecule has 0 amide bonds. The summed E-state index contributed by atoms with van der Waals surface area (Å²) in [6, 6.07) is 3.51. The van der Waals surface area contributed by atoms with Crippen LogP contribution in [0, 0.1) is 6.92 Å². The molecule has 2 nitrogen and oxygen atoms in total. The minimum absolute atomic E-state index is 0.182. The van der Waals surface area contributed by atoms with Crippen LogP contribution in [-0.2, 0) is 0 Å². The van der Waals surface area contributed by atoms with Crippen LogP contribution in [0.3, 0.4) is 0 Å². The van der Waals surface area contributed by atoms with E-state index in [1.165, 1.54) is 12.1 Å². The highest BCUT2D eigenvalue weighted by atomic mass is 32.1. The molecule has 0 spiro atoms. The molecule has 0 aliphatic carbocycles. The zero-order chi connectivity index (χ0) is 15.7. The molecule has 1 aromatic carbocycles. The lowest BCUT2D eigenvalue weighted by atomic mass is 10.1. The van der Waals surface area contributed by atoms with E-state index in [4.69, 9.17) is 5.73 Å². The Kier molecular flexibility index (Phi) is 4.52. The summed E-state index contributed by atoms with van der Waals surface area (Å²) in [6.45, 7) is 1.58. The second kappa shape index (κ2) is 5.47. The molecule has 0 saturated heterocycles. The first-order valence-electron chi connectivity index (χ1n) is 5.13. The number of ether oxygens (including phenoxy) is 1. The molecule has 20 heavy (non-hydrogen) atoms. The molecule has 0 unspecified atom stereocenters. The highest BCUT2D eigenvalue weighted by molar-refractivity contribution is 7.80. The van der Waals surface area contributed by atoms with Crippen LogP contribution in [0.2, 0.25) is 0 Å². The molecule has 0 bridgehead atoms. The van der Waals surface area contributed by atoms with Crippen LogP contribution in [0.5, 0.6) is 5.75 Å². The van der Waals surface area contributed by atoms with Gasteiger partial charge in [-0.1, -0.05) is 23.8 Å². The van der Waals surface area contributed by atoms with Gasteiger partial charge in [-0.15, -0.1) is 0 Å². The first kappa shape index (κ1) is 16.5. The van der Waals surface area contributed by atoms with Gasteiger partial charge >= 0.3 is 12.4 Å². The third-order valence-corrected chi connectivity index (χ3v) is 2.46. The molecule has 0 heterocycles. The lowest BCUT2D eigenvalue weighted by molar-refractivity contribution is -0.299.